The predicted octanol–water partition coefficient (Wildman–Crippen LogP) is 1.05. The van der Waals surface area contributed by atoms with Crippen molar-refractivity contribution in [1.29, 1.82) is 0 Å². The average molecular weight is 290 g/mol. The fourth-order valence-electron chi connectivity index (χ4n) is 2.45. The van der Waals surface area contributed by atoms with Crippen molar-refractivity contribution in [2.45, 2.75) is 25.8 Å². The van der Waals surface area contributed by atoms with Gasteiger partial charge in [-0.1, -0.05) is 0 Å². The van der Waals surface area contributed by atoms with E-state index >= 15 is 0 Å². The number of carbonyl (C=O) groups excluding carboxylic acids is 2. The minimum atomic E-state index is -0.126. The van der Waals surface area contributed by atoms with Crippen molar-refractivity contribution < 1.29 is 9.59 Å². The molecule has 0 saturated carbocycles. The van der Waals surface area contributed by atoms with Crippen LogP contribution in [0.4, 0.5) is 11.4 Å². The minimum Gasteiger partial charge on any atom is -0.397 e. The van der Waals surface area contributed by atoms with Gasteiger partial charge in [-0.05, 0) is 31.5 Å². The maximum Gasteiger partial charge on any atom is 0.251 e. The van der Waals surface area contributed by atoms with Gasteiger partial charge in [0.2, 0.25) is 5.91 Å². The molecule has 21 heavy (non-hydrogen) atoms. The molecule has 1 fully saturated rings. The molecule has 1 aliphatic heterocycles. The number of hydrogen-bond donors (Lipinski definition) is 3. The summed E-state index contributed by atoms with van der Waals surface area (Å²) in [7, 11) is 1.80. The molecule has 1 unspecified atom stereocenters. The molecule has 1 heterocycles. The lowest BCUT2D eigenvalue weighted by molar-refractivity contribution is -0.132. The van der Waals surface area contributed by atoms with E-state index in [0.717, 1.165) is 12.1 Å². The molecule has 0 aromatic heterocycles. The maximum atomic E-state index is 11.7. The average Bonchev–Trinajstić information content (AvgIpc) is 2.45. The standard InChI is InChI=1S/C15H22N4O2/c1-3-17-15(21)10-4-6-13(12(16)8-10)18-11-5-7-14(20)19(2)9-11/h4,6,8,11,18H,3,5,7,9,16H2,1-2H3,(H,17,21). The number of anilines is 2. The second-order valence-electron chi connectivity index (χ2n) is 5.32. The number of amides is 2. The predicted molar refractivity (Wildman–Crippen MR) is 83.1 cm³/mol. The van der Waals surface area contributed by atoms with Gasteiger partial charge in [0.25, 0.3) is 5.91 Å². The summed E-state index contributed by atoms with van der Waals surface area (Å²) in [5.41, 5.74) is 7.90. The molecule has 4 N–H and O–H groups in total. The summed E-state index contributed by atoms with van der Waals surface area (Å²) in [5.74, 6) is 0.0475. The highest BCUT2D eigenvalue weighted by Crippen LogP contribution is 2.23. The number of hydrogen-bond acceptors (Lipinski definition) is 4. The molecule has 0 radical (unpaired) electrons. The van der Waals surface area contributed by atoms with E-state index in [4.69, 9.17) is 5.73 Å². The van der Waals surface area contributed by atoms with Gasteiger partial charge in [-0.3, -0.25) is 9.59 Å². The molecule has 1 aromatic carbocycles. The number of likely N-dealkylation sites (tertiary alicyclic amines) is 1. The molecular formula is C15H22N4O2. The summed E-state index contributed by atoms with van der Waals surface area (Å²) < 4.78 is 0. The summed E-state index contributed by atoms with van der Waals surface area (Å²) in [6, 6.07) is 5.42. The molecular weight excluding hydrogens is 268 g/mol. The van der Waals surface area contributed by atoms with E-state index in [9.17, 15) is 9.59 Å². The van der Waals surface area contributed by atoms with E-state index in [0.29, 0.717) is 30.8 Å². The van der Waals surface area contributed by atoms with Crippen LogP contribution in [0.3, 0.4) is 0 Å². The van der Waals surface area contributed by atoms with Crippen molar-refractivity contribution in [2.24, 2.45) is 0 Å². The van der Waals surface area contributed by atoms with Crippen LogP contribution in [0.1, 0.15) is 30.1 Å². The number of nitrogens with one attached hydrogen (secondary N) is 2. The van der Waals surface area contributed by atoms with E-state index < -0.39 is 0 Å². The lowest BCUT2D eigenvalue weighted by Crippen LogP contribution is -2.43. The number of nitrogens with two attached hydrogens (primary N) is 1. The number of benzene rings is 1. The van der Waals surface area contributed by atoms with Crippen molar-refractivity contribution in [2.75, 3.05) is 31.2 Å². The molecule has 1 saturated heterocycles. The van der Waals surface area contributed by atoms with E-state index in [2.05, 4.69) is 10.6 Å². The fourth-order valence-corrected chi connectivity index (χ4v) is 2.45. The summed E-state index contributed by atoms with van der Waals surface area (Å²) in [5, 5.41) is 6.09. The Hall–Kier alpha value is -2.24. The molecule has 1 aliphatic rings. The Kier molecular flexibility index (Phi) is 4.67. The molecule has 0 bridgehead atoms. The zero-order valence-corrected chi connectivity index (χ0v) is 12.5. The molecule has 0 aliphatic carbocycles. The van der Waals surface area contributed by atoms with Gasteiger partial charge in [-0.25, -0.2) is 0 Å². The van der Waals surface area contributed by atoms with Gasteiger partial charge in [-0.2, -0.15) is 0 Å². The Morgan fingerprint density at radius 3 is 2.86 bits per heavy atom. The van der Waals surface area contributed by atoms with Crippen molar-refractivity contribution in [3.63, 3.8) is 0 Å². The van der Waals surface area contributed by atoms with Crippen LogP contribution in [0.5, 0.6) is 0 Å². The van der Waals surface area contributed by atoms with Gasteiger partial charge in [0, 0.05) is 38.2 Å². The Morgan fingerprint density at radius 2 is 2.24 bits per heavy atom. The van der Waals surface area contributed by atoms with Gasteiger partial charge in [-0.15, -0.1) is 0 Å². The van der Waals surface area contributed by atoms with E-state index in [1.807, 2.05) is 13.0 Å². The third kappa shape index (κ3) is 3.65. The van der Waals surface area contributed by atoms with Crippen LogP contribution in [0.2, 0.25) is 0 Å². The Morgan fingerprint density at radius 1 is 1.48 bits per heavy atom. The Bertz CT molecular complexity index is 544. The molecule has 6 nitrogen and oxygen atoms in total. The second kappa shape index (κ2) is 6.47. The van der Waals surface area contributed by atoms with Crippen LogP contribution in [0, 0.1) is 0 Å². The first-order chi connectivity index (χ1) is 10.0. The summed E-state index contributed by atoms with van der Waals surface area (Å²) >= 11 is 0. The van der Waals surface area contributed by atoms with Gasteiger partial charge in [0.1, 0.15) is 0 Å². The summed E-state index contributed by atoms with van der Waals surface area (Å²) in [6.45, 7) is 3.12. The molecule has 1 aromatic rings. The van der Waals surface area contributed by atoms with Gasteiger partial charge in [0.15, 0.2) is 0 Å². The van der Waals surface area contributed by atoms with Crippen molar-refractivity contribution in [3.8, 4) is 0 Å². The quantitative estimate of drug-likeness (QED) is 0.723. The fraction of sp³-hybridized carbons (Fsp3) is 0.467. The maximum absolute atomic E-state index is 11.7. The zero-order valence-electron chi connectivity index (χ0n) is 12.5. The highest BCUT2D eigenvalue weighted by atomic mass is 16.2. The van der Waals surface area contributed by atoms with E-state index in [-0.39, 0.29) is 17.9 Å². The lowest BCUT2D eigenvalue weighted by atomic mass is 10.0. The molecule has 1 atom stereocenters. The normalized spacial score (nSPS) is 18.5. The smallest absolute Gasteiger partial charge is 0.251 e. The van der Waals surface area contributed by atoms with Crippen molar-refractivity contribution in [3.05, 3.63) is 23.8 Å². The number of nitrogens with zero attached hydrogens (tertiary/aromatic N) is 1. The zero-order chi connectivity index (χ0) is 15.4. The van der Waals surface area contributed by atoms with Crippen LogP contribution >= 0.6 is 0 Å². The van der Waals surface area contributed by atoms with Crippen molar-refractivity contribution in [1.82, 2.24) is 10.2 Å². The van der Waals surface area contributed by atoms with Crippen LogP contribution in [-0.4, -0.2) is 42.9 Å². The molecule has 6 heteroatoms. The highest BCUT2D eigenvalue weighted by molar-refractivity contribution is 5.96. The highest BCUT2D eigenvalue weighted by Gasteiger charge is 2.23. The number of piperidine rings is 1. The lowest BCUT2D eigenvalue weighted by Gasteiger charge is -2.31. The third-order valence-corrected chi connectivity index (χ3v) is 3.64. The third-order valence-electron chi connectivity index (χ3n) is 3.64. The van der Waals surface area contributed by atoms with Crippen LogP contribution in [-0.2, 0) is 4.79 Å². The first-order valence-corrected chi connectivity index (χ1v) is 7.19. The molecule has 114 valence electrons. The number of rotatable bonds is 4. The van der Waals surface area contributed by atoms with E-state index in [1.165, 1.54) is 0 Å². The molecule has 2 amide bonds. The van der Waals surface area contributed by atoms with Gasteiger partial charge >= 0.3 is 0 Å². The first-order valence-electron chi connectivity index (χ1n) is 7.19. The van der Waals surface area contributed by atoms with Gasteiger partial charge in [0.05, 0.1) is 11.4 Å². The number of nitrogen functional groups attached to an aromatic ring is 1. The summed E-state index contributed by atoms with van der Waals surface area (Å²) in [6.07, 6.45) is 1.34. The van der Waals surface area contributed by atoms with Gasteiger partial charge < -0.3 is 21.3 Å². The minimum absolute atomic E-state index is 0.126. The van der Waals surface area contributed by atoms with Crippen LogP contribution < -0.4 is 16.4 Å². The Balaban J connectivity index is 2.04. The number of likely N-dealkylation sites (N-methyl/N-ethyl adjacent to an activating group) is 1. The summed E-state index contributed by atoms with van der Waals surface area (Å²) in [4.78, 5) is 24.9. The van der Waals surface area contributed by atoms with E-state index in [1.54, 1.807) is 24.1 Å². The largest absolute Gasteiger partial charge is 0.397 e. The molecule has 0 spiro atoms. The Labute approximate surface area is 124 Å². The SMILES string of the molecule is CCNC(=O)c1ccc(NC2CCC(=O)N(C)C2)c(N)c1. The van der Waals surface area contributed by atoms with Crippen molar-refractivity contribution >= 4 is 23.2 Å². The van der Waals surface area contributed by atoms with Crippen LogP contribution in [0.25, 0.3) is 0 Å². The topological polar surface area (TPSA) is 87.5 Å². The second-order valence-corrected chi connectivity index (χ2v) is 5.32. The van der Waals surface area contributed by atoms with Crippen LogP contribution in [0.15, 0.2) is 18.2 Å². The monoisotopic (exact) mass is 290 g/mol. The first kappa shape index (κ1) is 15.2. The molecule has 2 rings (SSSR count). The number of carbonyl (C=O) groups is 2.